The summed E-state index contributed by atoms with van der Waals surface area (Å²) in [5.41, 5.74) is 6.36. The standard InChI is InChI=1S/C45H67N5O14.C34H54N2O11.2H3P/c1-30(2)41(38(53)28-34(7-6-17-47-45(46)59)42(56)48-36-12-9-33(10-13-36)29-64-44(58)31(3)4)49-43(57)35(11-8-32(5)51)27-37(52)16-19-60-21-23-62-25-26-63-24-22-61-20-18-50-39(54)14-15-40(50)55;1-23(2)32(29(39)21-25(5)33(42)24(3)4)35-34(43)27(8-7-26(6)37)22-28(38)11-13-44-15-17-46-19-20-47-18-16-45-14-12-36-30(40)9-10-31(36)41;;/h9-10,12-15,30-31,34-35,41H,6-8,11,16-29H2,1-5H3,(H,48,56)(H,49,57)(H3,46,47,59);9-10,23-25,27,32H,7-8,11-22H2,1-6H3,(H,35,43);2*1H3/t34-,35+,41+;25-,27+,32+;;/m11../s1. The molecule has 2 aliphatic heterocycles. The summed E-state index contributed by atoms with van der Waals surface area (Å²) in [5.74, 6) is -8.55. The van der Waals surface area contributed by atoms with Gasteiger partial charge in [0.25, 0.3) is 23.6 Å². The molecule has 0 spiro atoms. The number of carbonyl (C=O) groups is 16. The first-order valence-corrected chi connectivity index (χ1v) is 38.2. The van der Waals surface area contributed by atoms with Crippen LogP contribution >= 0.6 is 19.8 Å². The minimum Gasteiger partial charge on any atom is -0.461 e. The maximum atomic E-state index is 13.9. The number of ether oxygens (including phenoxy) is 9. The van der Waals surface area contributed by atoms with Gasteiger partial charge in [-0.25, -0.2) is 4.79 Å². The third-order valence-corrected chi connectivity index (χ3v) is 17.5. The Morgan fingerprint density at radius 1 is 0.425 bits per heavy atom. The van der Waals surface area contributed by atoms with Crippen molar-refractivity contribution in [1.82, 2.24) is 25.8 Å². The molecular weight excluding hydrogens is 1510 g/mol. The Bertz CT molecular complexity index is 3200. The molecule has 0 radical (unpaired) electrons. The summed E-state index contributed by atoms with van der Waals surface area (Å²) in [7, 11) is 0. The molecule has 113 heavy (non-hydrogen) atoms. The van der Waals surface area contributed by atoms with Crippen LogP contribution in [-0.2, 0) is 121 Å². The second-order valence-electron chi connectivity index (χ2n) is 28.4. The number of anilines is 1. The molecule has 3 rings (SSSR count). The van der Waals surface area contributed by atoms with E-state index >= 15 is 0 Å². The van der Waals surface area contributed by atoms with Gasteiger partial charge in [0.15, 0.2) is 11.6 Å². The minimum atomic E-state index is -1.000. The smallest absolute Gasteiger partial charge is 0.312 e. The van der Waals surface area contributed by atoms with E-state index in [1.807, 2.05) is 13.8 Å². The topological polar surface area (TPSA) is 437 Å². The molecule has 1 aromatic carbocycles. The lowest BCUT2D eigenvalue weighted by molar-refractivity contribution is -0.148. The predicted molar refractivity (Wildman–Crippen MR) is 428 cm³/mol. The van der Waals surface area contributed by atoms with Gasteiger partial charge in [-0.15, -0.1) is 0 Å². The highest BCUT2D eigenvalue weighted by Gasteiger charge is 2.35. The lowest BCUT2D eigenvalue weighted by Crippen LogP contribution is -2.48. The van der Waals surface area contributed by atoms with Gasteiger partial charge in [0.2, 0.25) is 17.7 Å². The van der Waals surface area contributed by atoms with E-state index in [1.165, 1.54) is 38.2 Å². The van der Waals surface area contributed by atoms with Crippen LogP contribution in [0.2, 0.25) is 0 Å². The molecule has 32 nitrogen and oxygen atoms in total. The van der Waals surface area contributed by atoms with Crippen LogP contribution in [0.25, 0.3) is 0 Å². The largest absolute Gasteiger partial charge is 0.461 e. The van der Waals surface area contributed by atoms with E-state index in [2.05, 4.69) is 21.3 Å². The molecule has 2 heterocycles. The number of hydrogen-bond donors (Lipinski definition) is 5. The van der Waals surface area contributed by atoms with Crippen LogP contribution in [0.1, 0.15) is 159 Å². The van der Waals surface area contributed by atoms with Gasteiger partial charge in [0.05, 0.1) is 137 Å². The number of amides is 9. The number of imide groups is 2. The summed E-state index contributed by atoms with van der Waals surface area (Å²) in [6.07, 6.45) is 5.58. The van der Waals surface area contributed by atoms with E-state index < -0.39 is 65.3 Å². The number of esters is 1. The van der Waals surface area contributed by atoms with Crippen LogP contribution < -0.4 is 27.0 Å². The number of rotatable bonds is 63. The van der Waals surface area contributed by atoms with Crippen molar-refractivity contribution < 1.29 is 119 Å². The number of ketones is 7. The summed E-state index contributed by atoms with van der Waals surface area (Å²) in [5, 5.41) is 10.9. The van der Waals surface area contributed by atoms with Crippen molar-refractivity contribution in [2.45, 2.75) is 172 Å². The summed E-state index contributed by atoms with van der Waals surface area (Å²) in [6, 6.07) is 4.19. The molecule has 34 heteroatoms. The van der Waals surface area contributed by atoms with Crippen LogP contribution in [0.4, 0.5) is 10.5 Å². The van der Waals surface area contributed by atoms with Crippen molar-refractivity contribution in [3.05, 3.63) is 54.1 Å². The van der Waals surface area contributed by atoms with E-state index in [1.54, 1.807) is 72.7 Å². The number of primary amides is 1. The van der Waals surface area contributed by atoms with E-state index in [0.29, 0.717) is 65.0 Å². The van der Waals surface area contributed by atoms with Gasteiger partial charge in [0.1, 0.15) is 35.5 Å². The van der Waals surface area contributed by atoms with Crippen molar-refractivity contribution >= 4 is 119 Å². The highest BCUT2D eigenvalue weighted by atomic mass is 31.0. The summed E-state index contributed by atoms with van der Waals surface area (Å²) >= 11 is 0. The maximum Gasteiger partial charge on any atom is 0.312 e. The highest BCUT2D eigenvalue weighted by molar-refractivity contribution is 6.92. The summed E-state index contributed by atoms with van der Waals surface area (Å²) in [4.78, 5) is 200. The first-order chi connectivity index (χ1) is 52.7. The van der Waals surface area contributed by atoms with Gasteiger partial charge in [-0.3, -0.25) is 72.1 Å². The van der Waals surface area contributed by atoms with Gasteiger partial charge in [0, 0.05) is 117 Å². The Balaban J connectivity index is 0.00000228. The quantitative estimate of drug-likeness (QED) is 0.0242. The number of nitrogens with zero attached hydrogens (tertiary/aromatic N) is 2. The fourth-order valence-corrected chi connectivity index (χ4v) is 11.1. The fraction of sp³-hybridized carbons (Fsp3) is 0.671. The monoisotopic (exact) mass is 1640 g/mol. The third kappa shape index (κ3) is 47.1. The van der Waals surface area contributed by atoms with Crippen LogP contribution in [0.3, 0.4) is 0 Å². The number of carbonyl (C=O) groups excluding carboxylic acids is 16. The molecule has 0 saturated heterocycles. The average molecular weight is 1640 g/mol. The van der Waals surface area contributed by atoms with Crippen molar-refractivity contribution in [1.29, 1.82) is 0 Å². The van der Waals surface area contributed by atoms with Gasteiger partial charge in [-0.2, -0.15) is 19.8 Å². The molecule has 2 aliphatic rings. The van der Waals surface area contributed by atoms with Crippen molar-refractivity contribution in [3.8, 4) is 0 Å². The Morgan fingerprint density at radius 2 is 0.779 bits per heavy atom. The molecule has 2 unspecified atom stereocenters. The van der Waals surface area contributed by atoms with Crippen LogP contribution in [-0.4, -0.2) is 241 Å². The number of benzene rings is 1. The highest BCUT2D eigenvalue weighted by Crippen LogP contribution is 2.23. The van der Waals surface area contributed by atoms with Gasteiger partial charge < -0.3 is 79.2 Å². The SMILES string of the molecule is CC(=O)CC[C@@H](CC(=O)CCOCCOCCOCCOCCN1C(=O)C=CC1=O)C(=O)N[C@H](C(=O)C[C@@H](C)C(=O)C(C)C)C(C)C.CC(=O)CC[C@@H](CC(=O)CCOCCOCCOCCOCCN1C(=O)C=CC1=O)C(=O)N[C@H](C(=O)C[C@@H](CCCNC(N)=O)C(=O)Nc1ccc(COC(=O)C(C)C)cc1)C(C)C.P.P. The number of nitrogens with two attached hydrogens (primary N) is 1. The Hall–Kier alpha value is -7.64. The number of nitrogens with one attached hydrogen (secondary N) is 4. The Morgan fingerprint density at radius 3 is 1.12 bits per heavy atom. The van der Waals surface area contributed by atoms with Crippen molar-refractivity contribution in [3.63, 3.8) is 0 Å². The Labute approximate surface area is 671 Å². The molecule has 0 aliphatic carbocycles. The molecule has 0 bridgehead atoms. The van der Waals surface area contributed by atoms with Crippen molar-refractivity contribution in [2.75, 3.05) is 131 Å². The van der Waals surface area contributed by atoms with E-state index in [0.717, 1.165) is 15.4 Å². The first-order valence-electron chi connectivity index (χ1n) is 38.2. The lowest BCUT2D eigenvalue weighted by Gasteiger charge is -2.26. The number of urea groups is 1. The zero-order valence-electron chi connectivity index (χ0n) is 68.1. The average Bonchev–Trinajstić information content (AvgIpc) is 1.36. The zero-order valence-corrected chi connectivity index (χ0v) is 70.9. The van der Waals surface area contributed by atoms with E-state index in [4.69, 9.17) is 48.4 Å². The molecule has 0 fully saturated rings. The molecular formula is C79H127N7O25P2. The van der Waals surface area contributed by atoms with Crippen LogP contribution in [0.15, 0.2) is 48.6 Å². The molecule has 1 aromatic rings. The second kappa shape index (κ2) is 60.8. The Kier molecular flexibility index (Phi) is 56.7. The van der Waals surface area contributed by atoms with Gasteiger partial charge >= 0.3 is 12.0 Å². The van der Waals surface area contributed by atoms with Crippen LogP contribution in [0.5, 0.6) is 0 Å². The molecule has 638 valence electrons. The maximum absolute atomic E-state index is 13.9. The molecule has 0 saturated carbocycles. The zero-order chi connectivity index (χ0) is 82.8. The summed E-state index contributed by atoms with van der Waals surface area (Å²) in [6.45, 7) is 23.5. The summed E-state index contributed by atoms with van der Waals surface area (Å²) < 4.78 is 48.8. The van der Waals surface area contributed by atoms with E-state index in [9.17, 15) is 76.7 Å². The number of hydrogen-bond acceptors (Lipinski definition) is 25. The first kappa shape index (κ1) is 105. The fourth-order valence-electron chi connectivity index (χ4n) is 11.1. The normalized spacial score (nSPS) is 14.0. The molecule has 8 atom stereocenters. The second-order valence-corrected chi connectivity index (χ2v) is 28.4. The van der Waals surface area contributed by atoms with Gasteiger partial charge in [-0.05, 0) is 69.1 Å². The predicted octanol–water partition coefficient (Wildman–Crippen LogP) is 5.21. The van der Waals surface area contributed by atoms with E-state index in [-0.39, 0.29) is 257 Å². The minimum absolute atomic E-state index is 0. The molecule has 6 N–H and O–H groups in total. The third-order valence-electron chi connectivity index (χ3n) is 17.5. The van der Waals surface area contributed by atoms with Gasteiger partial charge in [-0.1, -0.05) is 74.4 Å². The van der Waals surface area contributed by atoms with Crippen LogP contribution in [0, 0.1) is 47.3 Å². The number of Topliss-reactive ketones (excluding diaryl/α,β-unsaturated/α-hetero) is 7. The molecule has 0 aromatic heterocycles. The lowest BCUT2D eigenvalue weighted by atomic mass is 9.87. The molecule has 9 amide bonds. The van der Waals surface area contributed by atoms with Crippen molar-refractivity contribution in [2.24, 2.45) is 53.1 Å².